The van der Waals surface area contributed by atoms with Crippen molar-refractivity contribution in [3.8, 4) is 0 Å². The molecule has 1 aliphatic heterocycles. The highest BCUT2D eigenvalue weighted by atomic mass is 35.5. The van der Waals surface area contributed by atoms with E-state index in [-0.39, 0.29) is 6.03 Å². The van der Waals surface area contributed by atoms with Crippen molar-refractivity contribution in [2.24, 2.45) is 0 Å². The summed E-state index contributed by atoms with van der Waals surface area (Å²) in [4.78, 5) is 21.1. The van der Waals surface area contributed by atoms with E-state index < -0.39 is 0 Å². The summed E-state index contributed by atoms with van der Waals surface area (Å²) in [6.45, 7) is 5.51. The van der Waals surface area contributed by atoms with Crippen LogP contribution in [-0.2, 0) is 6.54 Å². The number of carbonyl (C=O) groups is 1. The van der Waals surface area contributed by atoms with Crippen LogP contribution in [0.2, 0.25) is 5.02 Å². The molecular formula is C20H21ClN4O2. The fraction of sp³-hybridized carbons (Fsp3) is 0.300. The van der Waals surface area contributed by atoms with E-state index in [0.717, 1.165) is 29.9 Å². The van der Waals surface area contributed by atoms with Gasteiger partial charge in [0, 0.05) is 43.0 Å². The molecule has 7 heteroatoms. The molecule has 1 aliphatic rings. The molecule has 0 saturated carbocycles. The van der Waals surface area contributed by atoms with Crippen LogP contribution in [0.1, 0.15) is 11.5 Å². The molecule has 0 bridgehead atoms. The van der Waals surface area contributed by atoms with Crippen LogP contribution in [0.15, 0.2) is 46.9 Å². The van der Waals surface area contributed by atoms with Gasteiger partial charge in [-0.3, -0.25) is 4.90 Å². The Labute approximate surface area is 162 Å². The molecule has 2 amide bonds. The van der Waals surface area contributed by atoms with Gasteiger partial charge in [-0.15, -0.1) is 0 Å². The number of nitrogens with zero attached hydrogens (tertiary/aromatic N) is 3. The summed E-state index contributed by atoms with van der Waals surface area (Å²) in [6.07, 6.45) is 0. The van der Waals surface area contributed by atoms with E-state index in [1.54, 1.807) is 6.07 Å². The number of urea groups is 1. The van der Waals surface area contributed by atoms with Crippen molar-refractivity contribution in [3.05, 3.63) is 58.9 Å². The molecule has 0 atom stereocenters. The maximum atomic E-state index is 12.5. The summed E-state index contributed by atoms with van der Waals surface area (Å²) in [7, 11) is 0. The summed E-state index contributed by atoms with van der Waals surface area (Å²) >= 11 is 5.99. The Morgan fingerprint density at radius 2 is 1.96 bits per heavy atom. The van der Waals surface area contributed by atoms with Crippen LogP contribution in [0.3, 0.4) is 0 Å². The zero-order chi connectivity index (χ0) is 18.8. The highest BCUT2D eigenvalue weighted by Gasteiger charge is 2.22. The largest absolute Gasteiger partial charge is 0.439 e. The number of oxazole rings is 1. The summed E-state index contributed by atoms with van der Waals surface area (Å²) < 4.78 is 5.79. The van der Waals surface area contributed by atoms with Crippen molar-refractivity contribution >= 4 is 34.4 Å². The van der Waals surface area contributed by atoms with E-state index in [1.807, 2.05) is 48.2 Å². The lowest BCUT2D eigenvalue weighted by Gasteiger charge is -2.34. The zero-order valence-electron chi connectivity index (χ0n) is 15.1. The van der Waals surface area contributed by atoms with Crippen molar-refractivity contribution in [1.82, 2.24) is 14.8 Å². The van der Waals surface area contributed by atoms with Crippen LogP contribution in [0, 0.1) is 6.92 Å². The molecule has 140 valence electrons. The Hall–Kier alpha value is -2.57. The highest BCUT2D eigenvalue weighted by molar-refractivity contribution is 6.31. The first-order chi connectivity index (χ1) is 13.1. The maximum Gasteiger partial charge on any atom is 0.321 e. The van der Waals surface area contributed by atoms with Gasteiger partial charge >= 0.3 is 6.03 Å². The van der Waals surface area contributed by atoms with Gasteiger partial charge in [-0.05, 0) is 30.7 Å². The summed E-state index contributed by atoms with van der Waals surface area (Å²) in [6, 6.07) is 13.2. The molecule has 0 spiro atoms. The van der Waals surface area contributed by atoms with Crippen LogP contribution in [-0.4, -0.2) is 47.0 Å². The van der Waals surface area contributed by atoms with E-state index in [1.165, 1.54) is 0 Å². The Bertz CT molecular complexity index is 964. The summed E-state index contributed by atoms with van der Waals surface area (Å²) in [5.41, 5.74) is 3.43. The number of fused-ring (bicyclic) bond motifs is 1. The summed E-state index contributed by atoms with van der Waals surface area (Å²) in [5.74, 6) is 0.671. The van der Waals surface area contributed by atoms with Crippen LogP contribution in [0.5, 0.6) is 0 Å². The zero-order valence-corrected chi connectivity index (χ0v) is 15.9. The number of carbonyl (C=O) groups excluding carboxylic acids is 1. The van der Waals surface area contributed by atoms with Gasteiger partial charge in [0.1, 0.15) is 5.52 Å². The first-order valence-corrected chi connectivity index (χ1v) is 9.35. The first kappa shape index (κ1) is 17.8. The number of anilines is 1. The van der Waals surface area contributed by atoms with Crippen molar-refractivity contribution in [1.29, 1.82) is 0 Å². The molecule has 4 rings (SSSR count). The number of benzene rings is 2. The maximum absolute atomic E-state index is 12.5. The number of hydrogen-bond donors (Lipinski definition) is 1. The lowest BCUT2D eigenvalue weighted by Crippen LogP contribution is -2.49. The van der Waals surface area contributed by atoms with Crippen LogP contribution >= 0.6 is 11.6 Å². The highest BCUT2D eigenvalue weighted by Crippen LogP contribution is 2.21. The van der Waals surface area contributed by atoms with Gasteiger partial charge in [0.2, 0.25) is 5.89 Å². The van der Waals surface area contributed by atoms with Crippen molar-refractivity contribution < 1.29 is 9.21 Å². The number of aryl methyl sites for hydroxylation is 1. The van der Waals surface area contributed by atoms with E-state index in [2.05, 4.69) is 15.2 Å². The third-order valence-corrected chi connectivity index (χ3v) is 5.03. The standard InChI is InChI=1S/C20H21ClN4O2/c1-14-4-2-3-5-16(14)23-20(26)25-10-8-24(9-11-25)13-19-22-17-7-6-15(21)12-18(17)27-19/h2-7,12H,8-11,13H2,1H3,(H,23,26). The van der Waals surface area contributed by atoms with E-state index in [9.17, 15) is 4.79 Å². The molecular weight excluding hydrogens is 364 g/mol. The molecule has 27 heavy (non-hydrogen) atoms. The Kier molecular flexibility index (Phi) is 5.01. The SMILES string of the molecule is Cc1ccccc1NC(=O)N1CCN(Cc2nc3ccc(Cl)cc3o2)CC1. The average molecular weight is 385 g/mol. The van der Waals surface area contributed by atoms with Gasteiger partial charge in [-0.1, -0.05) is 29.8 Å². The van der Waals surface area contributed by atoms with Gasteiger partial charge in [0.15, 0.2) is 5.58 Å². The molecule has 1 fully saturated rings. The van der Waals surface area contributed by atoms with Crippen LogP contribution in [0.25, 0.3) is 11.1 Å². The monoisotopic (exact) mass is 384 g/mol. The number of para-hydroxylation sites is 1. The molecule has 2 aromatic carbocycles. The number of piperazine rings is 1. The minimum absolute atomic E-state index is 0.0551. The lowest BCUT2D eigenvalue weighted by molar-refractivity contribution is 0.136. The topological polar surface area (TPSA) is 61.6 Å². The van der Waals surface area contributed by atoms with Crippen LogP contribution in [0.4, 0.5) is 10.5 Å². The molecule has 1 saturated heterocycles. The van der Waals surface area contributed by atoms with Gasteiger partial charge in [0.25, 0.3) is 0 Å². The number of halogens is 1. The second-order valence-corrected chi connectivity index (χ2v) is 7.16. The average Bonchev–Trinajstić information content (AvgIpc) is 3.05. The molecule has 1 aromatic heterocycles. The smallest absolute Gasteiger partial charge is 0.321 e. The minimum Gasteiger partial charge on any atom is -0.439 e. The van der Waals surface area contributed by atoms with Gasteiger partial charge in [0.05, 0.1) is 6.54 Å². The molecule has 0 aliphatic carbocycles. The first-order valence-electron chi connectivity index (χ1n) is 8.97. The van der Waals surface area contributed by atoms with Gasteiger partial charge < -0.3 is 14.6 Å². The Morgan fingerprint density at radius 3 is 2.74 bits per heavy atom. The molecule has 0 radical (unpaired) electrons. The second-order valence-electron chi connectivity index (χ2n) is 6.73. The fourth-order valence-electron chi connectivity index (χ4n) is 3.22. The van der Waals surface area contributed by atoms with Crippen molar-refractivity contribution in [2.75, 3.05) is 31.5 Å². The van der Waals surface area contributed by atoms with Crippen molar-refractivity contribution in [3.63, 3.8) is 0 Å². The van der Waals surface area contributed by atoms with E-state index >= 15 is 0 Å². The molecule has 3 aromatic rings. The number of amides is 2. The minimum atomic E-state index is -0.0551. The van der Waals surface area contributed by atoms with Gasteiger partial charge in [-0.2, -0.15) is 0 Å². The number of rotatable bonds is 3. The Balaban J connectivity index is 1.33. The number of aromatic nitrogens is 1. The van der Waals surface area contributed by atoms with Crippen LogP contribution < -0.4 is 5.32 Å². The third-order valence-electron chi connectivity index (χ3n) is 4.80. The van der Waals surface area contributed by atoms with Gasteiger partial charge in [-0.25, -0.2) is 9.78 Å². The molecule has 0 unspecified atom stereocenters. The predicted octanol–water partition coefficient (Wildman–Crippen LogP) is 4.14. The van der Waals surface area contributed by atoms with E-state index in [0.29, 0.717) is 36.1 Å². The number of nitrogens with one attached hydrogen (secondary N) is 1. The third kappa shape index (κ3) is 4.07. The van der Waals surface area contributed by atoms with E-state index in [4.69, 9.17) is 16.0 Å². The molecule has 1 N–H and O–H groups in total. The lowest BCUT2D eigenvalue weighted by atomic mass is 10.2. The second kappa shape index (κ2) is 7.58. The fourth-order valence-corrected chi connectivity index (χ4v) is 3.38. The molecule has 6 nitrogen and oxygen atoms in total. The quantitative estimate of drug-likeness (QED) is 0.737. The predicted molar refractivity (Wildman–Crippen MR) is 106 cm³/mol. The summed E-state index contributed by atoms with van der Waals surface area (Å²) in [5, 5.41) is 3.63. The normalized spacial score (nSPS) is 15.3. The molecule has 2 heterocycles. The van der Waals surface area contributed by atoms with Crippen molar-refractivity contribution in [2.45, 2.75) is 13.5 Å². The number of hydrogen-bond acceptors (Lipinski definition) is 4. The Morgan fingerprint density at radius 1 is 1.19 bits per heavy atom.